The van der Waals surface area contributed by atoms with Crippen LogP contribution in [-0.4, -0.2) is 30.4 Å². The van der Waals surface area contributed by atoms with Crippen molar-refractivity contribution in [1.82, 2.24) is 5.32 Å². The fourth-order valence-electron chi connectivity index (χ4n) is 0.660. The number of hydrogen-bond donors (Lipinski definition) is 2. The van der Waals surface area contributed by atoms with Gasteiger partial charge >= 0.3 is 8.25 Å². The quantitative estimate of drug-likeness (QED) is 0.558. The molecule has 0 fully saturated rings. The molecule has 0 aromatic carbocycles. The summed E-state index contributed by atoms with van der Waals surface area (Å²) in [5, 5.41) is 2.90. The third-order valence-electron chi connectivity index (χ3n) is 1.06. The minimum Gasteiger partial charge on any atom is -0.370 e. The standard InChI is InChI=1S/C4H7N2O3P/c7-10(8)9-3-4-5-1-2-6-4/h1-3H2,(H-,5,6,7,8)/p+1. The van der Waals surface area contributed by atoms with Crippen molar-refractivity contribution in [2.24, 2.45) is 4.99 Å². The number of rotatable bonds is 3. The molecule has 1 unspecified atom stereocenters. The highest BCUT2D eigenvalue weighted by Crippen LogP contribution is 2.13. The molecule has 1 atom stereocenters. The molecule has 0 saturated heterocycles. The summed E-state index contributed by atoms with van der Waals surface area (Å²) in [6.45, 7) is 1.62. The van der Waals surface area contributed by atoms with Crippen LogP contribution in [-0.2, 0) is 9.09 Å². The third kappa shape index (κ3) is 2.39. The van der Waals surface area contributed by atoms with Gasteiger partial charge in [-0.1, -0.05) is 0 Å². The second kappa shape index (κ2) is 3.61. The smallest absolute Gasteiger partial charge is 0.370 e. The molecule has 0 aromatic heterocycles. The molecule has 0 saturated carbocycles. The van der Waals surface area contributed by atoms with Crippen LogP contribution in [0.25, 0.3) is 0 Å². The monoisotopic (exact) mass is 163 g/mol. The molecule has 56 valence electrons. The molecule has 1 heterocycles. The zero-order valence-electron chi connectivity index (χ0n) is 5.28. The van der Waals surface area contributed by atoms with Crippen LogP contribution in [0.2, 0.25) is 0 Å². The van der Waals surface area contributed by atoms with Crippen LogP contribution < -0.4 is 5.32 Å². The molecule has 5 nitrogen and oxygen atoms in total. The van der Waals surface area contributed by atoms with Gasteiger partial charge in [-0.25, -0.2) is 0 Å². The van der Waals surface area contributed by atoms with E-state index >= 15 is 0 Å². The highest BCUT2D eigenvalue weighted by Gasteiger charge is 2.15. The van der Waals surface area contributed by atoms with Gasteiger partial charge < -0.3 is 5.32 Å². The second-order valence-corrected chi connectivity index (χ2v) is 2.50. The van der Waals surface area contributed by atoms with Crippen molar-refractivity contribution < 1.29 is 14.0 Å². The van der Waals surface area contributed by atoms with E-state index in [1.165, 1.54) is 0 Å². The molecule has 0 aliphatic carbocycles. The lowest BCUT2D eigenvalue weighted by atomic mass is 10.6. The largest absolute Gasteiger partial charge is 0.695 e. The summed E-state index contributed by atoms with van der Waals surface area (Å²) < 4.78 is 14.4. The van der Waals surface area contributed by atoms with Gasteiger partial charge in [-0.3, -0.25) is 4.99 Å². The predicted molar refractivity (Wildman–Crippen MR) is 36.1 cm³/mol. The van der Waals surface area contributed by atoms with Crippen LogP contribution in [0, 0.1) is 0 Å². The average Bonchev–Trinajstić information content (AvgIpc) is 2.34. The lowest BCUT2D eigenvalue weighted by Gasteiger charge is -1.92. The number of hydrogen-bond acceptors (Lipinski definition) is 4. The molecule has 0 amide bonds. The van der Waals surface area contributed by atoms with E-state index in [2.05, 4.69) is 14.8 Å². The average molecular weight is 163 g/mol. The highest BCUT2D eigenvalue weighted by molar-refractivity contribution is 7.32. The Morgan fingerprint density at radius 3 is 3.20 bits per heavy atom. The van der Waals surface area contributed by atoms with Crippen molar-refractivity contribution >= 4 is 14.1 Å². The Morgan fingerprint density at radius 1 is 1.90 bits per heavy atom. The van der Waals surface area contributed by atoms with Crippen molar-refractivity contribution in [2.45, 2.75) is 0 Å². The zero-order chi connectivity index (χ0) is 7.40. The van der Waals surface area contributed by atoms with Crippen LogP contribution in [0.5, 0.6) is 0 Å². The first-order chi connectivity index (χ1) is 4.79. The zero-order valence-corrected chi connectivity index (χ0v) is 6.17. The van der Waals surface area contributed by atoms with Crippen molar-refractivity contribution in [3.8, 4) is 0 Å². The van der Waals surface area contributed by atoms with Crippen molar-refractivity contribution in [1.29, 1.82) is 0 Å². The number of nitrogens with zero attached hydrogens (tertiary/aromatic N) is 1. The molecular formula is C4H8N2O3P+. The van der Waals surface area contributed by atoms with Gasteiger partial charge in [-0.05, 0) is 0 Å². The maximum absolute atomic E-state index is 10.00. The summed E-state index contributed by atoms with van der Waals surface area (Å²) in [4.78, 5) is 12.2. The highest BCUT2D eigenvalue weighted by atomic mass is 31.1. The van der Waals surface area contributed by atoms with Gasteiger partial charge in [0.1, 0.15) is 5.84 Å². The summed E-state index contributed by atoms with van der Waals surface area (Å²) >= 11 is 0. The van der Waals surface area contributed by atoms with Crippen LogP contribution >= 0.6 is 8.25 Å². The number of aliphatic imine (C=N–C) groups is 1. The van der Waals surface area contributed by atoms with Crippen LogP contribution in [0.3, 0.4) is 0 Å². The molecule has 1 aliphatic heterocycles. The summed E-state index contributed by atoms with van der Waals surface area (Å²) in [5.74, 6) is 0.650. The first-order valence-corrected chi connectivity index (χ1v) is 3.98. The van der Waals surface area contributed by atoms with Crippen molar-refractivity contribution in [2.75, 3.05) is 19.7 Å². The summed E-state index contributed by atoms with van der Waals surface area (Å²) in [6, 6.07) is 0. The minimum absolute atomic E-state index is 0.103. The molecule has 6 heteroatoms. The van der Waals surface area contributed by atoms with Crippen molar-refractivity contribution in [3.63, 3.8) is 0 Å². The number of nitrogens with one attached hydrogen (secondary N) is 1. The minimum atomic E-state index is -2.49. The van der Waals surface area contributed by atoms with Gasteiger partial charge in [0, 0.05) is 11.1 Å². The van der Waals surface area contributed by atoms with Gasteiger partial charge in [0.05, 0.1) is 6.54 Å². The Hall–Kier alpha value is -0.510. The van der Waals surface area contributed by atoms with E-state index in [1.807, 2.05) is 0 Å². The van der Waals surface area contributed by atoms with Gasteiger partial charge in [-0.15, -0.1) is 9.42 Å². The lowest BCUT2D eigenvalue weighted by molar-refractivity contribution is 0.319. The van der Waals surface area contributed by atoms with Gasteiger partial charge in [0.2, 0.25) is 0 Å². The summed E-state index contributed by atoms with van der Waals surface area (Å²) in [6.07, 6.45) is 0. The first-order valence-electron chi connectivity index (χ1n) is 2.85. The van der Waals surface area contributed by atoms with E-state index in [0.717, 1.165) is 13.1 Å². The predicted octanol–water partition coefficient (Wildman–Crippen LogP) is -0.346. The van der Waals surface area contributed by atoms with E-state index in [0.29, 0.717) is 5.84 Å². The molecule has 0 spiro atoms. The first kappa shape index (κ1) is 7.60. The van der Waals surface area contributed by atoms with Crippen LogP contribution in [0.15, 0.2) is 4.99 Å². The van der Waals surface area contributed by atoms with E-state index in [4.69, 9.17) is 4.89 Å². The Bertz CT molecular complexity index is 170. The van der Waals surface area contributed by atoms with Gasteiger partial charge in [-0.2, -0.15) is 0 Å². The molecule has 1 rings (SSSR count). The van der Waals surface area contributed by atoms with E-state index < -0.39 is 8.25 Å². The maximum atomic E-state index is 10.00. The summed E-state index contributed by atoms with van der Waals surface area (Å²) in [5.41, 5.74) is 0. The lowest BCUT2D eigenvalue weighted by Crippen LogP contribution is -2.22. The van der Waals surface area contributed by atoms with E-state index in [-0.39, 0.29) is 6.61 Å². The van der Waals surface area contributed by atoms with E-state index in [1.54, 1.807) is 0 Å². The van der Waals surface area contributed by atoms with Gasteiger partial charge in [0.25, 0.3) is 0 Å². The van der Waals surface area contributed by atoms with E-state index in [9.17, 15) is 4.57 Å². The second-order valence-electron chi connectivity index (χ2n) is 1.77. The summed E-state index contributed by atoms with van der Waals surface area (Å²) in [7, 11) is -2.49. The van der Waals surface area contributed by atoms with Crippen molar-refractivity contribution in [3.05, 3.63) is 0 Å². The molecular weight excluding hydrogens is 155 g/mol. The Labute approximate surface area is 59.1 Å². The molecule has 2 N–H and O–H groups in total. The molecule has 1 aliphatic rings. The number of amidine groups is 1. The van der Waals surface area contributed by atoms with Crippen LogP contribution in [0.1, 0.15) is 0 Å². The third-order valence-corrected chi connectivity index (χ3v) is 1.41. The topological polar surface area (TPSA) is 70.9 Å². The normalized spacial score (nSPS) is 18.1. The Balaban J connectivity index is 2.19. The van der Waals surface area contributed by atoms with Crippen LogP contribution in [0.4, 0.5) is 0 Å². The SMILES string of the molecule is O=[P+](O)OCC1=NCCN1. The molecule has 10 heavy (non-hydrogen) atoms. The fraction of sp³-hybridized carbons (Fsp3) is 0.750. The molecule has 0 radical (unpaired) electrons. The molecule has 0 bridgehead atoms. The Morgan fingerprint density at radius 2 is 2.70 bits per heavy atom. The van der Waals surface area contributed by atoms with Gasteiger partial charge in [0.15, 0.2) is 6.61 Å². The molecule has 0 aromatic rings. The fourth-order valence-corrected chi connectivity index (χ4v) is 0.893. The maximum Gasteiger partial charge on any atom is 0.695 e. The Kier molecular flexibility index (Phi) is 2.74.